The van der Waals surface area contributed by atoms with E-state index in [1.165, 1.54) is 5.56 Å². The van der Waals surface area contributed by atoms with Crippen LogP contribution in [0.5, 0.6) is 0 Å². The van der Waals surface area contributed by atoms with Crippen LogP contribution in [-0.4, -0.2) is 10.3 Å². The van der Waals surface area contributed by atoms with E-state index in [-0.39, 0.29) is 0 Å². The van der Waals surface area contributed by atoms with E-state index in [9.17, 15) is 0 Å². The fourth-order valence-corrected chi connectivity index (χ4v) is 1.38. The smallest absolute Gasteiger partial charge is 0.108 e. The Morgan fingerprint density at radius 2 is 1.86 bits per heavy atom. The summed E-state index contributed by atoms with van der Waals surface area (Å²) < 4.78 is 4.63. The first-order valence-corrected chi connectivity index (χ1v) is 4.68. The molecule has 0 radical (unpaired) electrons. The Balaban J connectivity index is 1.99. The van der Waals surface area contributed by atoms with E-state index >= 15 is 0 Å². The van der Waals surface area contributed by atoms with Crippen LogP contribution in [0.15, 0.2) is 35.0 Å². The summed E-state index contributed by atoms with van der Waals surface area (Å²) in [4.78, 5) is 0. The zero-order chi connectivity index (χ0) is 9.80. The summed E-state index contributed by atoms with van der Waals surface area (Å²) in [6.45, 7) is 1.91. The number of hydrogen-bond donors (Lipinski definition) is 0. The standard InChI is InChI=1S/C11H12N2O/c1-9-11(13-14-12-9)8-7-10-5-3-2-4-6-10/h2-6H,7-8H2,1H3. The summed E-state index contributed by atoms with van der Waals surface area (Å²) in [5.74, 6) is 0. The molecule has 0 N–H and O–H groups in total. The van der Waals surface area contributed by atoms with Crippen LogP contribution in [0.4, 0.5) is 0 Å². The number of benzene rings is 1. The van der Waals surface area contributed by atoms with Crippen molar-refractivity contribution in [2.45, 2.75) is 19.8 Å². The number of nitrogens with zero attached hydrogens (tertiary/aromatic N) is 2. The average Bonchev–Trinajstić information content (AvgIpc) is 2.63. The van der Waals surface area contributed by atoms with Crippen LogP contribution in [0.2, 0.25) is 0 Å². The number of aromatic nitrogens is 2. The quantitative estimate of drug-likeness (QED) is 0.740. The van der Waals surface area contributed by atoms with Gasteiger partial charge in [-0.05, 0) is 25.3 Å². The van der Waals surface area contributed by atoms with Gasteiger partial charge >= 0.3 is 0 Å². The number of rotatable bonds is 3. The highest BCUT2D eigenvalue weighted by Crippen LogP contribution is 2.07. The summed E-state index contributed by atoms with van der Waals surface area (Å²) >= 11 is 0. The third-order valence-corrected chi connectivity index (χ3v) is 2.24. The van der Waals surface area contributed by atoms with Crippen molar-refractivity contribution in [3.63, 3.8) is 0 Å². The largest absolute Gasteiger partial charge is 0.244 e. The molecule has 0 spiro atoms. The van der Waals surface area contributed by atoms with Gasteiger partial charge in [-0.15, -0.1) is 0 Å². The second-order valence-electron chi connectivity index (χ2n) is 3.28. The fourth-order valence-electron chi connectivity index (χ4n) is 1.38. The van der Waals surface area contributed by atoms with Gasteiger partial charge in [0, 0.05) is 0 Å². The van der Waals surface area contributed by atoms with Gasteiger partial charge in [0.1, 0.15) is 11.4 Å². The highest BCUT2D eigenvalue weighted by atomic mass is 16.6. The van der Waals surface area contributed by atoms with Gasteiger partial charge in [0.05, 0.1) is 0 Å². The summed E-state index contributed by atoms with van der Waals surface area (Å²) in [7, 11) is 0. The Bertz CT molecular complexity index is 395. The molecule has 0 saturated carbocycles. The molecule has 0 amide bonds. The fraction of sp³-hybridized carbons (Fsp3) is 0.273. The van der Waals surface area contributed by atoms with E-state index in [1.54, 1.807) is 0 Å². The molecule has 0 atom stereocenters. The first-order valence-electron chi connectivity index (χ1n) is 4.68. The Hall–Kier alpha value is -1.64. The molecule has 2 rings (SSSR count). The number of aryl methyl sites for hydroxylation is 3. The van der Waals surface area contributed by atoms with E-state index in [2.05, 4.69) is 27.1 Å². The summed E-state index contributed by atoms with van der Waals surface area (Å²) in [6.07, 6.45) is 1.87. The van der Waals surface area contributed by atoms with Crippen LogP contribution in [-0.2, 0) is 12.8 Å². The maximum absolute atomic E-state index is 4.63. The van der Waals surface area contributed by atoms with Crippen LogP contribution in [0.1, 0.15) is 17.0 Å². The Morgan fingerprint density at radius 1 is 1.07 bits per heavy atom. The van der Waals surface area contributed by atoms with Crippen molar-refractivity contribution in [1.29, 1.82) is 0 Å². The van der Waals surface area contributed by atoms with Crippen molar-refractivity contribution in [2.75, 3.05) is 0 Å². The van der Waals surface area contributed by atoms with Gasteiger partial charge in [0.25, 0.3) is 0 Å². The van der Waals surface area contributed by atoms with Crippen molar-refractivity contribution in [2.24, 2.45) is 0 Å². The third kappa shape index (κ3) is 1.99. The molecule has 0 unspecified atom stereocenters. The van der Waals surface area contributed by atoms with E-state index < -0.39 is 0 Å². The maximum atomic E-state index is 4.63. The Labute approximate surface area is 82.7 Å². The molecule has 1 aromatic carbocycles. The van der Waals surface area contributed by atoms with E-state index in [4.69, 9.17) is 0 Å². The van der Waals surface area contributed by atoms with Gasteiger partial charge in [-0.2, -0.15) is 0 Å². The summed E-state index contributed by atoms with van der Waals surface area (Å²) in [6, 6.07) is 10.3. The monoisotopic (exact) mass is 188 g/mol. The SMILES string of the molecule is Cc1nonc1CCc1ccccc1. The first-order chi connectivity index (χ1) is 6.86. The van der Waals surface area contributed by atoms with Crippen LogP contribution in [0.3, 0.4) is 0 Å². The summed E-state index contributed by atoms with van der Waals surface area (Å²) in [5.41, 5.74) is 3.16. The topological polar surface area (TPSA) is 38.9 Å². The lowest BCUT2D eigenvalue weighted by Gasteiger charge is -1.97. The highest BCUT2D eigenvalue weighted by Gasteiger charge is 2.04. The summed E-state index contributed by atoms with van der Waals surface area (Å²) in [5, 5.41) is 7.59. The van der Waals surface area contributed by atoms with E-state index in [1.807, 2.05) is 25.1 Å². The maximum Gasteiger partial charge on any atom is 0.108 e. The molecule has 72 valence electrons. The van der Waals surface area contributed by atoms with Gasteiger partial charge in [0.2, 0.25) is 0 Å². The van der Waals surface area contributed by atoms with Crippen LogP contribution in [0.25, 0.3) is 0 Å². The molecule has 2 aromatic rings. The lowest BCUT2D eigenvalue weighted by Crippen LogP contribution is -1.93. The Morgan fingerprint density at radius 3 is 2.50 bits per heavy atom. The van der Waals surface area contributed by atoms with E-state index in [0.717, 1.165) is 24.2 Å². The molecule has 1 aromatic heterocycles. The Kier molecular flexibility index (Phi) is 2.58. The van der Waals surface area contributed by atoms with Crippen LogP contribution >= 0.6 is 0 Å². The highest BCUT2D eigenvalue weighted by molar-refractivity contribution is 5.16. The van der Waals surface area contributed by atoms with Gasteiger partial charge in [-0.3, -0.25) is 0 Å². The predicted molar refractivity (Wildman–Crippen MR) is 52.9 cm³/mol. The number of hydrogen-bond acceptors (Lipinski definition) is 3. The van der Waals surface area contributed by atoms with E-state index in [0.29, 0.717) is 0 Å². The minimum Gasteiger partial charge on any atom is -0.244 e. The minimum absolute atomic E-state index is 0.888. The van der Waals surface area contributed by atoms with Crippen molar-refractivity contribution in [1.82, 2.24) is 10.3 Å². The van der Waals surface area contributed by atoms with Crippen molar-refractivity contribution in [3.8, 4) is 0 Å². The molecule has 0 aliphatic carbocycles. The zero-order valence-corrected chi connectivity index (χ0v) is 8.10. The predicted octanol–water partition coefficient (Wildman–Crippen LogP) is 2.16. The zero-order valence-electron chi connectivity index (χ0n) is 8.10. The van der Waals surface area contributed by atoms with Gasteiger partial charge < -0.3 is 0 Å². The molecule has 3 heteroatoms. The molecule has 3 nitrogen and oxygen atoms in total. The molecule has 0 aliphatic heterocycles. The first kappa shape index (κ1) is 8.94. The normalized spacial score (nSPS) is 10.4. The molecular weight excluding hydrogens is 176 g/mol. The lowest BCUT2D eigenvalue weighted by molar-refractivity contribution is 0.301. The second kappa shape index (κ2) is 4.05. The van der Waals surface area contributed by atoms with Gasteiger partial charge in [-0.25, -0.2) is 4.63 Å². The molecule has 0 aliphatic rings. The van der Waals surface area contributed by atoms with Crippen molar-refractivity contribution in [3.05, 3.63) is 47.3 Å². The minimum atomic E-state index is 0.888. The molecular formula is C11H12N2O. The van der Waals surface area contributed by atoms with Gasteiger partial charge in [-0.1, -0.05) is 40.6 Å². The average molecular weight is 188 g/mol. The third-order valence-electron chi connectivity index (χ3n) is 2.24. The molecule has 0 fully saturated rings. The molecule has 0 saturated heterocycles. The van der Waals surface area contributed by atoms with Crippen molar-refractivity contribution >= 4 is 0 Å². The molecule has 0 bridgehead atoms. The molecule has 1 heterocycles. The molecule has 14 heavy (non-hydrogen) atoms. The second-order valence-corrected chi connectivity index (χ2v) is 3.28. The lowest BCUT2D eigenvalue weighted by atomic mass is 10.1. The van der Waals surface area contributed by atoms with Crippen LogP contribution < -0.4 is 0 Å². The van der Waals surface area contributed by atoms with Gasteiger partial charge in [0.15, 0.2) is 0 Å². The van der Waals surface area contributed by atoms with Crippen molar-refractivity contribution < 1.29 is 4.63 Å². The van der Waals surface area contributed by atoms with Crippen LogP contribution in [0, 0.1) is 6.92 Å².